The van der Waals surface area contributed by atoms with Crippen molar-refractivity contribution in [1.82, 2.24) is 0 Å². The lowest BCUT2D eigenvalue weighted by Crippen LogP contribution is -2.28. The van der Waals surface area contributed by atoms with E-state index >= 15 is 0 Å². The third-order valence-corrected chi connectivity index (χ3v) is 3.13. The van der Waals surface area contributed by atoms with Crippen molar-refractivity contribution >= 4 is 11.5 Å². The van der Waals surface area contributed by atoms with Crippen LogP contribution < -0.4 is 15.4 Å². The Labute approximate surface area is 102 Å². The molecule has 0 unspecified atom stereocenters. The lowest BCUT2D eigenvalue weighted by Gasteiger charge is -2.25. The van der Waals surface area contributed by atoms with E-state index in [0.717, 1.165) is 23.5 Å². The highest BCUT2D eigenvalue weighted by molar-refractivity contribution is 6.00. The zero-order valence-electron chi connectivity index (χ0n) is 10.4. The van der Waals surface area contributed by atoms with E-state index in [9.17, 15) is 0 Å². The average molecular weight is 233 g/mol. The van der Waals surface area contributed by atoms with Crippen molar-refractivity contribution in [3.63, 3.8) is 0 Å². The number of rotatable bonds is 5. The summed E-state index contributed by atoms with van der Waals surface area (Å²) in [4.78, 5) is 2.30. The van der Waals surface area contributed by atoms with Crippen LogP contribution in [0, 0.1) is 5.41 Å². The maximum Gasteiger partial charge on any atom is 0.124 e. The summed E-state index contributed by atoms with van der Waals surface area (Å²) >= 11 is 0. The van der Waals surface area contributed by atoms with Crippen LogP contribution in [0.2, 0.25) is 0 Å². The van der Waals surface area contributed by atoms with Crippen LogP contribution in [-0.2, 0) is 0 Å². The Morgan fingerprint density at radius 1 is 1.53 bits per heavy atom. The first-order valence-corrected chi connectivity index (χ1v) is 5.96. The lowest BCUT2D eigenvalue weighted by atomic mass is 10.1. The van der Waals surface area contributed by atoms with Gasteiger partial charge in [0.05, 0.1) is 12.8 Å². The quantitative estimate of drug-likeness (QED) is 0.603. The van der Waals surface area contributed by atoms with E-state index in [1.54, 1.807) is 7.11 Å². The lowest BCUT2D eigenvalue weighted by molar-refractivity contribution is 0.414. The number of hydrogen-bond donors (Lipinski definition) is 2. The van der Waals surface area contributed by atoms with E-state index in [0.29, 0.717) is 6.04 Å². The Balaban J connectivity index is 2.42. The molecule has 0 radical (unpaired) electrons. The molecule has 0 amide bonds. The summed E-state index contributed by atoms with van der Waals surface area (Å²) in [5.41, 5.74) is 7.44. The average Bonchev–Trinajstić information content (AvgIpc) is 3.14. The Morgan fingerprint density at radius 2 is 2.24 bits per heavy atom. The minimum atomic E-state index is 0.113. The number of methoxy groups -OCH3 is 1. The minimum Gasteiger partial charge on any atom is -0.497 e. The Bertz CT molecular complexity index is 427. The van der Waals surface area contributed by atoms with Crippen LogP contribution in [0.15, 0.2) is 18.2 Å². The van der Waals surface area contributed by atoms with Gasteiger partial charge in [0, 0.05) is 24.2 Å². The summed E-state index contributed by atoms with van der Waals surface area (Å²) in [6.45, 7) is 3.06. The van der Waals surface area contributed by atoms with Crippen LogP contribution >= 0.6 is 0 Å². The fourth-order valence-electron chi connectivity index (χ4n) is 2.12. The molecule has 1 fully saturated rings. The van der Waals surface area contributed by atoms with Crippen LogP contribution in [0.4, 0.5) is 5.69 Å². The number of ether oxygens (including phenoxy) is 1. The van der Waals surface area contributed by atoms with E-state index < -0.39 is 0 Å². The maximum atomic E-state index is 7.64. The summed E-state index contributed by atoms with van der Waals surface area (Å²) in [6, 6.07) is 6.28. The molecule has 0 aliphatic heterocycles. The molecule has 92 valence electrons. The van der Waals surface area contributed by atoms with E-state index in [1.807, 2.05) is 18.2 Å². The molecule has 1 aliphatic carbocycles. The van der Waals surface area contributed by atoms with Crippen LogP contribution in [0.5, 0.6) is 5.75 Å². The SMILES string of the molecule is CCN(c1cc(OC)ccc1C(=N)N)C1CC1. The molecule has 4 nitrogen and oxygen atoms in total. The first kappa shape index (κ1) is 11.8. The molecule has 1 saturated carbocycles. The summed E-state index contributed by atoms with van der Waals surface area (Å²) in [5.74, 6) is 0.922. The summed E-state index contributed by atoms with van der Waals surface area (Å²) in [6.07, 6.45) is 2.45. The predicted molar refractivity (Wildman–Crippen MR) is 70.1 cm³/mol. The van der Waals surface area contributed by atoms with Crippen molar-refractivity contribution in [2.45, 2.75) is 25.8 Å². The van der Waals surface area contributed by atoms with Gasteiger partial charge in [-0.2, -0.15) is 0 Å². The van der Waals surface area contributed by atoms with Crippen LogP contribution in [-0.4, -0.2) is 25.5 Å². The highest BCUT2D eigenvalue weighted by atomic mass is 16.5. The van der Waals surface area contributed by atoms with Crippen molar-refractivity contribution in [2.75, 3.05) is 18.6 Å². The number of hydrogen-bond acceptors (Lipinski definition) is 3. The fourth-order valence-corrected chi connectivity index (χ4v) is 2.12. The number of amidine groups is 1. The molecule has 1 aromatic rings. The van der Waals surface area contributed by atoms with Crippen LogP contribution in [0.1, 0.15) is 25.3 Å². The Kier molecular flexibility index (Phi) is 3.22. The van der Waals surface area contributed by atoms with Crippen molar-refractivity contribution in [3.05, 3.63) is 23.8 Å². The predicted octanol–water partition coefficient (Wildman–Crippen LogP) is 1.97. The molecule has 4 heteroatoms. The minimum absolute atomic E-state index is 0.113. The smallest absolute Gasteiger partial charge is 0.124 e. The van der Waals surface area contributed by atoms with E-state index in [-0.39, 0.29) is 5.84 Å². The number of nitrogens with one attached hydrogen (secondary N) is 1. The highest BCUT2D eigenvalue weighted by Crippen LogP contribution is 2.35. The standard InChI is InChI=1S/C13H19N3O/c1-3-16(9-4-5-9)12-8-10(17-2)6-7-11(12)13(14)15/h6-9H,3-5H2,1-2H3,(H3,14,15). The Morgan fingerprint density at radius 3 is 2.71 bits per heavy atom. The second-order valence-electron chi connectivity index (χ2n) is 4.31. The number of benzene rings is 1. The van der Waals surface area contributed by atoms with E-state index in [2.05, 4.69) is 11.8 Å². The molecule has 1 aromatic carbocycles. The molecule has 3 N–H and O–H groups in total. The van der Waals surface area contributed by atoms with Gasteiger partial charge in [0.15, 0.2) is 0 Å². The normalized spacial score (nSPS) is 14.5. The highest BCUT2D eigenvalue weighted by Gasteiger charge is 2.29. The molecular weight excluding hydrogens is 214 g/mol. The van der Waals surface area contributed by atoms with Gasteiger partial charge < -0.3 is 15.4 Å². The second kappa shape index (κ2) is 4.65. The third kappa shape index (κ3) is 2.35. The van der Waals surface area contributed by atoms with Gasteiger partial charge in [-0.15, -0.1) is 0 Å². The van der Waals surface area contributed by atoms with Gasteiger partial charge in [0.25, 0.3) is 0 Å². The first-order chi connectivity index (χ1) is 8.17. The number of nitrogens with zero attached hydrogens (tertiary/aromatic N) is 1. The molecule has 0 spiro atoms. The van der Waals surface area contributed by atoms with Crippen molar-refractivity contribution < 1.29 is 4.74 Å². The first-order valence-electron chi connectivity index (χ1n) is 5.96. The number of anilines is 1. The number of nitrogens with two attached hydrogens (primary N) is 1. The van der Waals surface area contributed by atoms with Crippen LogP contribution in [0.3, 0.4) is 0 Å². The third-order valence-electron chi connectivity index (χ3n) is 3.13. The maximum absolute atomic E-state index is 7.64. The molecule has 0 aromatic heterocycles. The van der Waals surface area contributed by atoms with Crippen molar-refractivity contribution in [3.8, 4) is 5.75 Å². The van der Waals surface area contributed by atoms with Gasteiger partial charge in [-0.25, -0.2) is 0 Å². The molecule has 0 heterocycles. The number of nitrogen functional groups attached to an aromatic ring is 1. The topological polar surface area (TPSA) is 62.3 Å². The van der Waals surface area contributed by atoms with Gasteiger partial charge in [-0.05, 0) is 31.9 Å². The van der Waals surface area contributed by atoms with Gasteiger partial charge in [-0.3, -0.25) is 5.41 Å². The van der Waals surface area contributed by atoms with Crippen molar-refractivity contribution in [2.24, 2.45) is 5.73 Å². The van der Waals surface area contributed by atoms with Gasteiger partial charge >= 0.3 is 0 Å². The van der Waals surface area contributed by atoms with Gasteiger partial charge in [0.1, 0.15) is 11.6 Å². The molecule has 0 saturated heterocycles. The van der Waals surface area contributed by atoms with Gasteiger partial charge in [-0.1, -0.05) is 0 Å². The second-order valence-corrected chi connectivity index (χ2v) is 4.31. The fraction of sp³-hybridized carbons (Fsp3) is 0.462. The Hall–Kier alpha value is -1.71. The largest absolute Gasteiger partial charge is 0.497 e. The van der Waals surface area contributed by atoms with E-state index in [4.69, 9.17) is 15.9 Å². The van der Waals surface area contributed by atoms with Crippen molar-refractivity contribution in [1.29, 1.82) is 5.41 Å². The molecule has 17 heavy (non-hydrogen) atoms. The van der Waals surface area contributed by atoms with E-state index in [1.165, 1.54) is 12.8 Å². The zero-order chi connectivity index (χ0) is 12.4. The molecule has 0 atom stereocenters. The molecular formula is C13H19N3O. The zero-order valence-corrected chi connectivity index (χ0v) is 10.4. The monoisotopic (exact) mass is 233 g/mol. The van der Waals surface area contributed by atoms with Gasteiger partial charge in [0.2, 0.25) is 0 Å². The molecule has 1 aliphatic rings. The molecule has 0 bridgehead atoms. The summed E-state index contributed by atoms with van der Waals surface area (Å²) in [5, 5.41) is 7.64. The molecule has 2 rings (SSSR count). The summed E-state index contributed by atoms with van der Waals surface area (Å²) < 4.78 is 5.25. The van der Waals surface area contributed by atoms with Crippen LogP contribution in [0.25, 0.3) is 0 Å². The summed E-state index contributed by atoms with van der Waals surface area (Å²) in [7, 11) is 1.65.